The van der Waals surface area contributed by atoms with Gasteiger partial charge in [0.05, 0.1) is 6.20 Å². The molecule has 1 aliphatic heterocycles. The summed E-state index contributed by atoms with van der Waals surface area (Å²) in [5, 5.41) is 9.89. The molecule has 1 aromatic heterocycles. The van der Waals surface area contributed by atoms with Crippen LogP contribution in [-0.2, 0) is 6.54 Å². The fourth-order valence-corrected chi connectivity index (χ4v) is 3.93. The van der Waals surface area contributed by atoms with Crippen LogP contribution in [0.4, 0.5) is 0 Å². The first-order valence-electron chi connectivity index (χ1n) is 8.90. The summed E-state index contributed by atoms with van der Waals surface area (Å²) in [4.78, 5) is 14.3. The molecule has 1 N–H and O–H groups in total. The molecule has 0 bridgehead atoms. The molecule has 0 amide bonds. The van der Waals surface area contributed by atoms with E-state index in [4.69, 9.17) is 0 Å². The maximum Gasteiger partial charge on any atom is 0.223 e. The second kappa shape index (κ2) is 7.32. The number of likely N-dealkylation sites (tertiary alicyclic amines) is 1. The maximum atomic E-state index is 11.9. The van der Waals surface area contributed by atoms with Crippen LogP contribution >= 0.6 is 0 Å². The smallest absolute Gasteiger partial charge is 0.223 e. The van der Waals surface area contributed by atoms with Crippen LogP contribution in [0.25, 0.3) is 0 Å². The first kappa shape index (κ1) is 15.6. The van der Waals surface area contributed by atoms with Crippen molar-refractivity contribution in [2.24, 2.45) is 0 Å². The van der Waals surface area contributed by atoms with Gasteiger partial charge in [0.1, 0.15) is 0 Å². The Kier molecular flexibility index (Phi) is 5.19. The van der Waals surface area contributed by atoms with Gasteiger partial charge in [0.15, 0.2) is 5.75 Å². The van der Waals surface area contributed by atoms with Crippen molar-refractivity contribution >= 4 is 0 Å². The van der Waals surface area contributed by atoms with Gasteiger partial charge in [-0.25, -0.2) is 0 Å². The molecule has 4 heteroatoms. The third kappa shape index (κ3) is 3.72. The molecule has 2 heterocycles. The zero-order valence-corrected chi connectivity index (χ0v) is 13.5. The molecule has 2 aliphatic rings. The zero-order valence-electron chi connectivity index (χ0n) is 13.5. The van der Waals surface area contributed by atoms with E-state index in [1.807, 2.05) is 0 Å². The Bertz CT molecular complexity index is 539. The highest BCUT2D eigenvalue weighted by Crippen LogP contribution is 2.28. The second-order valence-corrected chi connectivity index (χ2v) is 6.90. The highest BCUT2D eigenvalue weighted by atomic mass is 16.3. The normalized spacial score (nSPS) is 21.6. The molecule has 0 aromatic carbocycles. The molecule has 0 spiro atoms. The van der Waals surface area contributed by atoms with Crippen molar-refractivity contribution in [3.05, 3.63) is 28.2 Å². The summed E-state index contributed by atoms with van der Waals surface area (Å²) in [6.07, 6.45) is 13.0. The van der Waals surface area contributed by atoms with Gasteiger partial charge in [-0.15, -0.1) is 0 Å². The first-order valence-corrected chi connectivity index (χ1v) is 8.90. The predicted molar refractivity (Wildman–Crippen MR) is 88.2 cm³/mol. The van der Waals surface area contributed by atoms with Crippen molar-refractivity contribution in [1.29, 1.82) is 0 Å². The number of hydrogen-bond donors (Lipinski definition) is 1. The number of aromatic nitrogens is 1. The van der Waals surface area contributed by atoms with Gasteiger partial charge in [-0.2, -0.15) is 0 Å². The van der Waals surface area contributed by atoms with E-state index >= 15 is 0 Å². The number of nitrogens with zero attached hydrogens (tertiary/aromatic N) is 2. The zero-order chi connectivity index (χ0) is 15.4. The van der Waals surface area contributed by atoms with Crippen molar-refractivity contribution in [1.82, 2.24) is 9.47 Å². The monoisotopic (exact) mass is 304 g/mol. The summed E-state index contributed by atoms with van der Waals surface area (Å²) in [7, 11) is 0. The average Bonchev–Trinajstić information content (AvgIpc) is 2.96. The molecule has 1 aliphatic carbocycles. The summed E-state index contributed by atoms with van der Waals surface area (Å²) in [5.74, 6) is -0.104. The Balaban J connectivity index is 1.85. The summed E-state index contributed by atoms with van der Waals surface area (Å²) in [6.45, 7) is 3.09. The van der Waals surface area contributed by atoms with Crippen LogP contribution in [0.15, 0.2) is 17.1 Å². The Hall–Kier alpha value is -1.29. The summed E-state index contributed by atoms with van der Waals surface area (Å²) >= 11 is 0. The third-order valence-electron chi connectivity index (χ3n) is 5.20. The lowest BCUT2D eigenvalue weighted by molar-refractivity contribution is 0.298. The summed E-state index contributed by atoms with van der Waals surface area (Å²) in [6, 6.07) is 2.09. The van der Waals surface area contributed by atoms with Crippen LogP contribution in [0.5, 0.6) is 5.75 Å². The van der Waals surface area contributed by atoms with E-state index < -0.39 is 0 Å². The fraction of sp³-hybridized carbons (Fsp3) is 0.722. The van der Waals surface area contributed by atoms with Crippen molar-refractivity contribution < 1.29 is 5.11 Å². The van der Waals surface area contributed by atoms with Gasteiger partial charge >= 0.3 is 0 Å². The maximum absolute atomic E-state index is 11.9. The van der Waals surface area contributed by atoms with Crippen LogP contribution < -0.4 is 5.43 Å². The van der Waals surface area contributed by atoms with Crippen molar-refractivity contribution in [2.75, 3.05) is 13.1 Å². The van der Waals surface area contributed by atoms with Crippen LogP contribution in [0.2, 0.25) is 0 Å². The van der Waals surface area contributed by atoms with E-state index in [0.29, 0.717) is 6.04 Å². The second-order valence-electron chi connectivity index (χ2n) is 6.90. The van der Waals surface area contributed by atoms with Crippen molar-refractivity contribution in [3.63, 3.8) is 0 Å². The lowest BCUT2D eigenvalue weighted by atomic mass is 9.96. The van der Waals surface area contributed by atoms with Gasteiger partial charge in [-0.05, 0) is 38.8 Å². The molecule has 0 unspecified atom stereocenters. The van der Waals surface area contributed by atoms with Crippen molar-refractivity contribution in [2.45, 2.75) is 70.4 Å². The largest absolute Gasteiger partial charge is 0.503 e. The first-order chi connectivity index (χ1) is 10.7. The molecule has 1 aromatic rings. The lowest BCUT2D eigenvalue weighted by Crippen LogP contribution is -2.25. The topological polar surface area (TPSA) is 45.5 Å². The molecule has 3 rings (SSSR count). The molecule has 0 radical (unpaired) electrons. The van der Waals surface area contributed by atoms with Crippen LogP contribution in [-0.4, -0.2) is 27.7 Å². The highest BCUT2D eigenvalue weighted by molar-refractivity contribution is 5.21. The third-order valence-corrected chi connectivity index (χ3v) is 5.20. The van der Waals surface area contributed by atoms with Gasteiger partial charge < -0.3 is 9.67 Å². The Morgan fingerprint density at radius 2 is 1.64 bits per heavy atom. The quantitative estimate of drug-likeness (QED) is 0.930. The van der Waals surface area contributed by atoms with Crippen LogP contribution in [0.3, 0.4) is 0 Å². The molecule has 1 saturated heterocycles. The molecule has 22 heavy (non-hydrogen) atoms. The predicted octanol–water partition coefficient (Wildman–Crippen LogP) is 3.44. The van der Waals surface area contributed by atoms with Gasteiger partial charge in [0, 0.05) is 24.3 Å². The van der Waals surface area contributed by atoms with E-state index in [-0.39, 0.29) is 11.2 Å². The Morgan fingerprint density at radius 1 is 1.00 bits per heavy atom. The summed E-state index contributed by atoms with van der Waals surface area (Å²) in [5.41, 5.74) is 0.839. The minimum absolute atomic E-state index is 0.104. The number of aromatic hydroxyl groups is 1. The van der Waals surface area contributed by atoms with Gasteiger partial charge in [-0.3, -0.25) is 9.69 Å². The molecule has 2 fully saturated rings. The van der Waals surface area contributed by atoms with E-state index in [2.05, 4.69) is 9.47 Å². The highest BCUT2D eigenvalue weighted by Gasteiger charge is 2.19. The number of hydrogen-bond acceptors (Lipinski definition) is 3. The van der Waals surface area contributed by atoms with Gasteiger partial charge in [0.25, 0.3) is 0 Å². The number of rotatable bonds is 3. The van der Waals surface area contributed by atoms with Crippen LogP contribution in [0, 0.1) is 0 Å². The van der Waals surface area contributed by atoms with E-state index in [1.54, 1.807) is 12.3 Å². The molecule has 4 nitrogen and oxygen atoms in total. The summed E-state index contributed by atoms with van der Waals surface area (Å²) < 4.78 is 2.21. The fourth-order valence-electron chi connectivity index (χ4n) is 3.93. The lowest BCUT2D eigenvalue weighted by Gasteiger charge is -2.27. The van der Waals surface area contributed by atoms with Gasteiger partial charge in [-0.1, -0.05) is 32.1 Å². The van der Waals surface area contributed by atoms with Crippen molar-refractivity contribution in [3.8, 4) is 5.75 Å². The van der Waals surface area contributed by atoms with E-state index in [9.17, 15) is 9.90 Å². The Labute approximate surface area is 132 Å². The number of pyridine rings is 1. The minimum atomic E-state index is -0.240. The van der Waals surface area contributed by atoms with Crippen LogP contribution in [0.1, 0.15) is 69.5 Å². The van der Waals surface area contributed by atoms with E-state index in [1.165, 1.54) is 44.9 Å². The molecule has 122 valence electrons. The standard InChI is InChI=1S/C18H28N2O2/c21-17-12-16(13-19-10-6-7-11-19)20(14-18(17)22)15-8-4-2-1-3-5-9-15/h12,14-15,22H,1-11,13H2. The molecule has 0 atom stereocenters. The molecule has 1 saturated carbocycles. The SMILES string of the molecule is O=c1cc(CN2CCCC2)n(C2CCCCCCC2)cc1O. The molecular formula is C18H28N2O2. The molecular weight excluding hydrogens is 276 g/mol. The Morgan fingerprint density at radius 3 is 2.32 bits per heavy atom. The van der Waals surface area contributed by atoms with Gasteiger partial charge in [0.2, 0.25) is 5.43 Å². The average molecular weight is 304 g/mol. The minimum Gasteiger partial charge on any atom is -0.503 e. The van der Waals surface area contributed by atoms with E-state index in [0.717, 1.165) is 38.2 Å².